The van der Waals surface area contributed by atoms with E-state index in [1.165, 1.54) is 11.0 Å². The molecule has 0 aliphatic carbocycles. The molecule has 0 aliphatic heterocycles. The van der Waals surface area contributed by atoms with Crippen LogP contribution in [-0.2, 0) is 6.54 Å². The van der Waals surface area contributed by atoms with Gasteiger partial charge in [0.05, 0.1) is 6.61 Å². The number of amides is 1. The molecule has 0 radical (unpaired) electrons. The number of pyridine rings is 1. The number of benzene rings is 1. The van der Waals surface area contributed by atoms with Crippen LogP contribution in [0.2, 0.25) is 0 Å². The topological polar surface area (TPSA) is 78.1 Å². The zero-order valence-corrected chi connectivity index (χ0v) is 12.5. The van der Waals surface area contributed by atoms with Crippen molar-refractivity contribution in [2.24, 2.45) is 0 Å². The maximum absolute atomic E-state index is 12.7. The predicted octanol–water partition coefficient (Wildman–Crippen LogP) is 1.67. The molecule has 0 atom stereocenters. The third-order valence-electron chi connectivity index (χ3n) is 3.55. The number of fused-ring (bicyclic) bond motifs is 1. The van der Waals surface area contributed by atoms with E-state index in [0.29, 0.717) is 12.2 Å². The second-order valence-corrected chi connectivity index (χ2v) is 5.19. The van der Waals surface area contributed by atoms with Crippen LogP contribution in [0.15, 0.2) is 54.9 Å². The number of hydrogen-bond donors (Lipinski definition) is 2. The molecule has 0 unspecified atom stereocenters. The van der Waals surface area contributed by atoms with Gasteiger partial charge in [-0.15, -0.1) is 0 Å². The standard InChI is InChI=1S/C17H17N3O3/c21-10-9-20(11-13-5-2-1-3-6-13)17(23)14-12-19-8-4-7-15(22)16(19)18-14/h1-8,12,21-22H,9-11H2. The Morgan fingerprint density at radius 1 is 1.17 bits per heavy atom. The van der Waals surface area contributed by atoms with Crippen LogP contribution in [-0.4, -0.2) is 43.6 Å². The van der Waals surface area contributed by atoms with Crippen LogP contribution in [0, 0.1) is 0 Å². The van der Waals surface area contributed by atoms with Crippen LogP contribution >= 0.6 is 0 Å². The smallest absolute Gasteiger partial charge is 0.274 e. The number of imidazole rings is 1. The van der Waals surface area contributed by atoms with E-state index < -0.39 is 0 Å². The summed E-state index contributed by atoms with van der Waals surface area (Å²) in [5, 5.41) is 19.0. The van der Waals surface area contributed by atoms with E-state index in [9.17, 15) is 15.0 Å². The van der Waals surface area contributed by atoms with Gasteiger partial charge in [-0.25, -0.2) is 4.98 Å². The van der Waals surface area contributed by atoms with E-state index in [1.54, 1.807) is 22.9 Å². The monoisotopic (exact) mass is 311 g/mol. The molecular weight excluding hydrogens is 294 g/mol. The summed E-state index contributed by atoms with van der Waals surface area (Å²) in [6.45, 7) is 0.477. The van der Waals surface area contributed by atoms with Gasteiger partial charge in [0, 0.05) is 25.5 Å². The van der Waals surface area contributed by atoms with Gasteiger partial charge in [-0.1, -0.05) is 30.3 Å². The molecular formula is C17H17N3O3. The first-order valence-corrected chi connectivity index (χ1v) is 7.30. The molecule has 0 saturated carbocycles. The van der Waals surface area contributed by atoms with Gasteiger partial charge in [-0.3, -0.25) is 4.79 Å². The minimum absolute atomic E-state index is 0.0170. The van der Waals surface area contributed by atoms with Crippen LogP contribution in [0.3, 0.4) is 0 Å². The summed E-state index contributed by atoms with van der Waals surface area (Å²) in [4.78, 5) is 18.4. The Morgan fingerprint density at radius 2 is 1.96 bits per heavy atom. The van der Waals surface area contributed by atoms with Crippen molar-refractivity contribution in [3.8, 4) is 5.75 Å². The van der Waals surface area contributed by atoms with Crippen molar-refractivity contribution in [2.45, 2.75) is 6.54 Å². The third kappa shape index (κ3) is 3.17. The first-order chi connectivity index (χ1) is 11.2. The molecule has 0 saturated heterocycles. The molecule has 1 aromatic carbocycles. The summed E-state index contributed by atoms with van der Waals surface area (Å²) in [5.41, 5.74) is 1.54. The first kappa shape index (κ1) is 15.1. The molecule has 2 aromatic heterocycles. The van der Waals surface area contributed by atoms with Crippen LogP contribution in [0.1, 0.15) is 16.1 Å². The Bertz CT molecular complexity index is 814. The molecule has 0 bridgehead atoms. The third-order valence-corrected chi connectivity index (χ3v) is 3.55. The lowest BCUT2D eigenvalue weighted by Gasteiger charge is -2.20. The highest BCUT2D eigenvalue weighted by Gasteiger charge is 2.19. The van der Waals surface area contributed by atoms with Crippen LogP contribution in [0.25, 0.3) is 5.65 Å². The minimum atomic E-state index is -0.286. The zero-order chi connectivity index (χ0) is 16.2. The number of rotatable bonds is 5. The van der Waals surface area contributed by atoms with Crippen molar-refractivity contribution in [3.05, 3.63) is 66.1 Å². The summed E-state index contributed by atoms with van der Waals surface area (Å²) in [7, 11) is 0. The molecule has 23 heavy (non-hydrogen) atoms. The summed E-state index contributed by atoms with van der Waals surface area (Å²) in [5.74, 6) is -0.269. The molecule has 0 spiro atoms. The van der Waals surface area contributed by atoms with E-state index in [2.05, 4.69) is 4.98 Å². The normalized spacial score (nSPS) is 10.8. The lowest BCUT2D eigenvalue weighted by Crippen LogP contribution is -2.33. The maximum atomic E-state index is 12.7. The molecule has 6 nitrogen and oxygen atoms in total. The number of nitrogens with zero attached hydrogens (tertiary/aromatic N) is 3. The highest BCUT2D eigenvalue weighted by Crippen LogP contribution is 2.18. The number of carbonyl (C=O) groups excluding carboxylic acids is 1. The molecule has 3 rings (SSSR count). The van der Waals surface area contributed by atoms with Crippen molar-refractivity contribution in [3.63, 3.8) is 0 Å². The number of aromatic nitrogens is 2. The van der Waals surface area contributed by atoms with Crippen LogP contribution in [0.5, 0.6) is 5.75 Å². The van der Waals surface area contributed by atoms with E-state index in [0.717, 1.165) is 5.56 Å². The number of aliphatic hydroxyl groups is 1. The number of hydrogen-bond acceptors (Lipinski definition) is 4. The molecule has 6 heteroatoms. The van der Waals surface area contributed by atoms with Crippen molar-refractivity contribution in [2.75, 3.05) is 13.2 Å². The summed E-state index contributed by atoms with van der Waals surface area (Å²) < 4.78 is 1.60. The van der Waals surface area contributed by atoms with E-state index >= 15 is 0 Å². The van der Waals surface area contributed by atoms with Gasteiger partial charge >= 0.3 is 0 Å². The Balaban J connectivity index is 1.88. The van der Waals surface area contributed by atoms with E-state index in [1.807, 2.05) is 30.3 Å². The largest absolute Gasteiger partial charge is 0.504 e. The first-order valence-electron chi connectivity index (χ1n) is 7.30. The highest BCUT2D eigenvalue weighted by molar-refractivity contribution is 5.93. The van der Waals surface area contributed by atoms with Crippen LogP contribution in [0.4, 0.5) is 0 Å². The van der Waals surface area contributed by atoms with E-state index in [-0.39, 0.29) is 30.5 Å². The fraction of sp³-hybridized carbons (Fsp3) is 0.176. The summed E-state index contributed by atoms with van der Waals surface area (Å²) >= 11 is 0. The van der Waals surface area contributed by atoms with Gasteiger partial charge in [0.2, 0.25) is 0 Å². The number of carbonyl (C=O) groups is 1. The average molecular weight is 311 g/mol. The molecule has 118 valence electrons. The molecule has 2 heterocycles. The Hall–Kier alpha value is -2.86. The minimum Gasteiger partial charge on any atom is -0.504 e. The zero-order valence-electron chi connectivity index (χ0n) is 12.5. The Morgan fingerprint density at radius 3 is 2.65 bits per heavy atom. The van der Waals surface area contributed by atoms with Gasteiger partial charge in [0.15, 0.2) is 11.4 Å². The SMILES string of the molecule is O=C(c1cn2cccc(O)c2n1)N(CCO)Cc1ccccc1. The van der Waals surface area contributed by atoms with E-state index in [4.69, 9.17) is 0 Å². The second-order valence-electron chi connectivity index (χ2n) is 5.19. The average Bonchev–Trinajstić information content (AvgIpc) is 3.00. The summed E-state index contributed by atoms with van der Waals surface area (Å²) in [6, 6.07) is 12.8. The fourth-order valence-electron chi connectivity index (χ4n) is 2.44. The highest BCUT2D eigenvalue weighted by atomic mass is 16.3. The maximum Gasteiger partial charge on any atom is 0.274 e. The number of aliphatic hydroxyl groups excluding tert-OH is 1. The lowest BCUT2D eigenvalue weighted by atomic mass is 10.2. The van der Waals surface area contributed by atoms with Crippen molar-refractivity contribution >= 4 is 11.6 Å². The second kappa shape index (κ2) is 6.50. The van der Waals surface area contributed by atoms with Crippen LogP contribution < -0.4 is 0 Å². The van der Waals surface area contributed by atoms with Crippen molar-refractivity contribution < 1.29 is 15.0 Å². The molecule has 1 amide bonds. The molecule has 2 N–H and O–H groups in total. The number of aromatic hydroxyl groups is 1. The van der Waals surface area contributed by atoms with Gasteiger partial charge in [-0.05, 0) is 17.7 Å². The van der Waals surface area contributed by atoms with Crippen molar-refractivity contribution in [1.29, 1.82) is 0 Å². The summed E-state index contributed by atoms with van der Waals surface area (Å²) in [6.07, 6.45) is 3.29. The van der Waals surface area contributed by atoms with Gasteiger partial charge in [-0.2, -0.15) is 0 Å². The Labute approximate surface area is 133 Å². The Kier molecular flexibility index (Phi) is 4.25. The van der Waals surface area contributed by atoms with Gasteiger partial charge in [0.1, 0.15) is 5.69 Å². The van der Waals surface area contributed by atoms with Crippen molar-refractivity contribution in [1.82, 2.24) is 14.3 Å². The van der Waals surface area contributed by atoms with Gasteiger partial charge in [0.25, 0.3) is 5.91 Å². The van der Waals surface area contributed by atoms with Gasteiger partial charge < -0.3 is 19.5 Å². The quantitative estimate of drug-likeness (QED) is 0.751. The predicted molar refractivity (Wildman–Crippen MR) is 85.1 cm³/mol. The molecule has 0 fully saturated rings. The molecule has 0 aliphatic rings. The molecule has 3 aromatic rings. The lowest BCUT2D eigenvalue weighted by molar-refractivity contribution is 0.0702. The fourth-order valence-corrected chi connectivity index (χ4v) is 2.44.